The predicted molar refractivity (Wildman–Crippen MR) is 109 cm³/mol. The summed E-state index contributed by atoms with van der Waals surface area (Å²) in [6.07, 6.45) is 2.86. The number of carbonyl (C=O) groups is 2. The number of carboxylic acid groups (broad SMARTS) is 1. The lowest BCUT2D eigenvalue weighted by Crippen LogP contribution is -2.40. The summed E-state index contributed by atoms with van der Waals surface area (Å²) in [6, 6.07) is 1.03. The van der Waals surface area contributed by atoms with Gasteiger partial charge in [-0.15, -0.1) is 0 Å². The van der Waals surface area contributed by atoms with Crippen LogP contribution in [-0.4, -0.2) is 23.0 Å². The number of furan rings is 1. The Hall–Kier alpha value is -3.09. The molecule has 0 radical (unpaired) electrons. The molecule has 2 heterocycles. The Bertz CT molecular complexity index is 1150. The topological polar surface area (TPSA) is 110 Å². The molecule has 1 aromatic carbocycles. The van der Waals surface area contributed by atoms with E-state index in [2.05, 4.69) is 5.32 Å². The van der Waals surface area contributed by atoms with Crippen LogP contribution in [0.1, 0.15) is 48.4 Å². The van der Waals surface area contributed by atoms with Crippen LogP contribution in [0, 0.1) is 20.8 Å². The second-order valence-corrected chi connectivity index (χ2v) is 7.41. The van der Waals surface area contributed by atoms with E-state index in [1.807, 2.05) is 33.8 Å². The highest BCUT2D eigenvalue weighted by Gasteiger charge is 2.21. The second-order valence-electron chi connectivity index (χ2n) is 7.41. The number of amides is 1. The van der Waals surface area contributed by atoms with E-state index in [4.69, 9.17) is 8.83 Å². The molecule has 0 saturated carbocycles. The van der Waals surface area contributed by atoms with E-state index in [1.54, 1.807) is 6.26 Å². The number of fused-ring (bicyclic) bond motifs is 2. The van der Waals surface area contributed by atoms with E-state index in [-0.39, 0.29) is 12.8 Å². The molecule has 1 amide bonds. The standard InChI is InChI=1S/C22H25NO6/c1-5-6-17(21(25)26)23-18(24)8-7-14-12(3)16-9-15-11(2)10-28-19(15)13(4)20(16)29-22(14)27/h9-10,17H,5-8H2,1-4H3,(H,23,24)(H,25,26)/t17-/m0/s1. The molecule has 0 aliphatic carbocycles. The molecular formula is C22H25NO6. The molecule has 154 valence electrons. The number of nitrogens with one attached hydrogen (secondary N) is 1. The van der Waals surface area contributed by atoms with Gasteiger partial charge < -0.3 is 19.3 Å². The number of carbonyl (C=O) groups excluding carboxylic acids is 1. The molecule has 0 fully saturated rings. The minimum atomic E-state index is -1.06. The Labute approximate surface area is 167 Å². The van der Waals surface area contributed by atoms with Crippen LogP contribution >= 0.6 is 0 Å². The average Bonchev–Trinajstić information content (AvgIpc) is 3.03. The fourth-order valence-electron chi connectivity index (χ4n) is 3.66. The highest BCUT2D eigenvalue weighted by molar-refractivity contribution is 5.99. The fraction of sp³-hybridized carbons (Fsp3) is 0.409. The van der Waals surface area contributed by atoms with E-state index in [1.165, 1.54) is 0 Å². The van der Waals surface area contributed by atoms with Crippen LogP contribution in [0.2, 0.25) is 0 Å². The summed E-state index contributed by atoms with van der Waals surface area (Å²) in [5.41, 5.74) is 3.63. The average molecular weight is 399 g/mol. The van der Waals surface area contributed by atoms with Crippen LogP contribution in [0.4, 0.5) is 0 Å². The largest absolute Gasteiger partial charge is 0.480 e. The highest BCUT2D eigenvalue weighted by atomic mass is 16.4. The third-order valence-corrected chi connectivity index (χ3v) is 5.35. The van der Waals surface area contributed by atoms with Gasteiger partial charge in [0.1, 0.15) is 17.2 Å². The van der Waals surface area contributed by atoms with Crippen LogP contribution in [0.5, 0.6) is 0 Å². The quantitative estimate of drug-likeness (QED) is 0.585. The number of rotatable bonds is 7. The van der Waals surface area contributed by atoms with Gasteiger partial charge >= 0.3 is 11.6 Å². The van der Waals surface area contributed by atoms with Crippen molar-refractivity contribution in [3.63, 3.8) is 0 Å². The maximum Gasteiger partial charge on any atom is 0.339 e. The fourth-order valence-corrected chi connectivity index (χ4v) is 3.66. The van der Waals surface area contributed by atoms with Gasteiger partial charge in [-0.1, -0.05) is 13.3 Å². The van der Waals surface area contributed by atoms with E-state index in [0.29, 0.717) is 29.6 Å². The first-order valence-corrected chi connectivity index (χ1v) is 9.70. The first kappa shape index (κ1) is 20.6. The summed E-state index contributed by atoms with van der Waals surface area (Å²) >= 11 is 0. The maximum absolute atomic E-state index is 12.6. The lowest BCUT2D eigenvalue weighted by molar-refractivity contribution is -0.142. The zero-order valence-corrected chi connectivity index (χ0v) is 17.0. The van der Waals surface area contributed by atoms with Crippen molar-refractivity contribution in [1.29, 1.82) is 0 Å². The van der Waals surface area contributed by atoms with Gasteiger partial charge in [0.15, 0.2) is 0 Å². The number of hydrogen-bond donors (Lipinski definition) is 2. The van der Waals surface area contributed by atoms with Gasteiger partial charge in [0.2, 0.25) is 5.91 Å². The van der Waals surface area contributed by atoms with E-state index >= 15 is 0 Å². The smallest absolute Gasteiger partial charge is 0.339 e. The molecule has 2 aromatic heterocycles. The molecule has 7 heteroatoms. The van der Waals surface area contributed by atoms with Crippen LogP contribution in [0.15, 0.2) is 26.0 Å². The van der Waals surface area contributed by atoms with Crippen molar-refractivity contribution in [1.82, 2.24) is 5.32 Å². The normalized spacial score (nSPS) is 12.4. The van der Waals surface area contributed by atoms with Gasteiger partial charge in [0.25, 0.3) is 0 Å². The third-order valence-electron chi connectivity index (χ3n) is 5.35. The Morgan fingerprint density at radius 1 is 1.14 bits per heavy atom. The molecule has 0 saturated heterocycles. The lowest BCUT2D eigenvalue weighted by atomic mass is 9.98. The number of hydrogen-bond acceptors (Lipinski definition) is 5. The Kier molecular flexibility index (Phi) is 5.77. The zero-order valence-electron chi connectivity index (χ0n) is 17.0. The molecular weight excluding hydrogens is 374 g/mol. The Morgan fingerprint density at radius 3 is 2.52 bits per heavy atom. The van der Waals surface area contributed by atoms with E-state index < -0.39 is 23.5 Å². The van der Waals surface area contributed by atoms with Gasteiger partial charge in [0, 0.05) is 28.3 Å². The van der Waals surface area contributed by atoms with Crippen LogP contribution in [0.25, 0.3) is 21.9 Å². The molecule has 0 aliphatic rings. The van der Waals surface area contributed by atoms with Crippen molar-refractivity contribution in [2.24, 2.45) is 0 Å². The summed E-state index contributed by atoms with van der Waals surface area (Å²) in [5, 5.41) is 13.5. The second kappa shape index (κ2) is 8.11. The van der Waals surface area contributed by atoms with E-state index in [0.717, 1.165) is 27.5 Å². The summed E-state index contributed by atoms with van der Waals surface area (Å²) in [5.74, 6) is -1.46. The molecule has 7 nitrogen and oxygen atoms in total. The van der Waals surface area contributed by atoms with Gasteiger partial charge in [-0.05, 0) is 50.8 Å². The molecule has 1 atom stereocenters. The molecule has 0 spiro atoms. The van der Waals surface area contributed by atoms with Crippen molar-refractivity contribution in [3.8, 4) is 0 Å². The van der Waals surface area contributed by atoms with Crippen molar-refractivity contribution in [3.05, 3.63) is 45.0 Å². The molecule has 2 N–H and O–H groups in total. The monoisotopic (exact) mass is 399 g/mol. The van der Waals surface area contributed by atoms with Crippen LogP contribution < -0.4 is 10.9 Å². The number of carboxylic acids is 1. The minimum Gasteiger partial charge on any atom is -0.480 e. The predicted octanol–water partition coefficient (Wildman–Crippen LogP) is 3.77. The van der Waals surface area contributed by atoms with Crippen LogP contribution in [-0.2, 0) is 16.0 Å². The number of aliphatic carboxylic acids is 1. The molecule has 0 unspecified atom stereocenters. The van der Waals surface area contributed by atoms with Crippen molar-refractivity contribution in [2.75, 3.05) is 0 Å². The lowest BCUT2D eigenvalue weighted by Gasteiger charge is -2.14. The first-order chi connectivity index (χ1) is 13.7. The van der Waals surface area contributed by atoms with Crippen molar-refractivity contribution < 1.29 is 23.5 Å². The maximum atomic E-state index is 12.6. The van der Waals surface area contributed by atoms with Gasteiger partial charge in [-0.3, -0.25) is 4.79 Å². The molecule has 0 bridgehead atoms. The number of benzene rings is 1. The minimum absolute atomic E-state index is 0.0105. The van der Waals surface area contributed by atoms with Gasteiger partial charge in [0.05, 0.1) is 6.26 Å². The summed E-state index contributed by atoms with van der Waals surface area (Å²) in [7, 11) is 0. The first-order valence-electron chi connectivity index (χ1n) is 9.70. The summed E-state index contributed by atoms with van der Waals surface area (Å²) in [4.78, 5) is 36.0. The zero-order chi connectivity index (χ0) is 21.3. The van der Waals surface area contributed by atoms with Gasteiger partial charge in [-0.2, -0.15) is 0 Å². The molecule has 29 heavy (non-hydrogen) atoms. The highest BCUT2D eigenvalue weighted by Crippen LogP contribution is 2.32. The SMILES string of the molecule is CCC[C@H](NC(=O)CCc1c(C)c2cc3c(C)coc3c(C)c2oc1=O)C(=O)O. The van der Waals surface area contributed by atoms with Crippen molar-refractivity contribution in [2.45, 2.75) is 59.4 Å². The summed E-state index contributed by atoms with van der Waals surface area (Å²) in [6.45, 7) is 7.49. The summed E-state index contributed by atoms with van der Waals surface area (Å²) < 4.78 is 11.2. The number of aryl methyl sites for hydroxylation is 3. The molecule has 0 aliphatic heterocycles. The Balaban J connectivity index is 1.91. The van der Waals surface area contributed by atoms with Crippen molar-refractivity contribution >= 4 is 33.8 Å². The molecule has 3 aromatic rings. The third kappa shape index (κ3) is 3.90. The van der Waals surface area contributed by atoms with E-state index in [9.17, 15) is 19.5 Å². The Morgan fingerprint density at radius 2 is 1.86 bits per heavy atom. The van der Waals surface area contributed by atoms with Gasteiger partial charge in [-0.25, -0.2) is 9.59 Å². The molecule has 3 rings (SSSR count). The van der Waals surface area contributed by atoms with Crippen LogP contribution in [0.3, 0.4) is 0 Å².